The molecule has 1 amide bonds. The molecule has 102 valence electrons. The molecule has 1 atom stereocenters. The second-order valence-electron chi connectivity index (χ2n) is 4.71. The zero-order chi connectivity index (χ0) is 13.7. The number of para-hydroxylation sites is 1. The van der Waals surface area contributed by atoms with Crippen molar-refractivity contribution in [1.82, 2.24) is 5.32 Å². The number of furan rings is 1. The number of nitrogens with one attached hydrogen (secondary N) is 1. The molecule has 1 heterocycles. The Bertz CT molecular complexity index is 515. The van der Waals surface area contributed by atoms with E-state index in [2.05, 4.69) is 12.2 Å². The summed E-state index contributed by atoms with van der Waals surface area (Å²) in [7, 11) is 0. The van der Waals surface area contributed by atoms with Crippen molar-refractivity contribution < 1.29 is 9.21 Å². The fourth-order valence-corrected chi connectivity index (χ4v) is 2.10. The van der Waals surface area contributed by atoms with E-state index < -0.39 is 0 Å². The molecule has 2 aromatic rings. The lowest BCUT2D eigenvalue weighted by atomic mass is 10.0. The maximum absolute atomic E-state index is 12.0. The van der Waals surface area contributed by atoms with Gasteiger partial charge in [0.25, 0.3) is 5.91 Å². The normalized spacial score (nSPS) is 12.5. The highest BCUT2D eigenvalue weighted by Crippen LogP contribution is 2.18. The lowest BCUT2D eigenvalue weighted by Crippen LogP contribution is -2.29. The molecule has 0 spiro atoms. The van der Waals surface area contributed by atoms with Gasteiger partial charge >= 0.3 is 0 Å². The quantitative estimate of drug-likeness (QED) is 0.838. The van der Waals surface area contributed by atoms with Crippen molar-refractivity contribution in [2.45, 2.75) is 19.8 Å². The van der Waals surface area contributed by atoms with Crippen LogP contribution in [0.15, 0.2) is 34.7 Å². The van der Waals surface area contributed by atoms with Gasteiger partial charge in [0.15, 0.2) is 5.76 Å². The lowest BCUT2D eigenvalue weighted by molar-refractivity contribution is 0.0920. The first-order valence-electron chi connectivity index (χ1n) is 6.71. The van der Waals surface area contributed by atoms with Crippen LogP contribution in [0.2, 0.25) is 0 Å². The van der Waals surface area contributed by atoms with E-state index in [0.717, 1.165) is 23.8 Å². The van der Waals surface area contributed by atoms with Crippen molar-refractivity contribution in [2.75, 3.05) is 13.1 Å². The van der Waals surface area contributed by atoms with Gasteiger partial charge in [-0.15, -0.1) is 0 Å². The van der Waals surface area contributed by atoms with Crippen LogP contribution in [0.1, 0.15) is 30.3 Å². The number of benzene rings is 1. The van der Waals surface area contributed by atoms with Gasteiger partial charge in [0.1, 0.15) is 5.58 Å². The number of rotatable bonds is 6. The van der Waals surface area contributed by atoms with Gasteiger partial charge in [0.05, 0.1) is 0 Å². The van der Waals surface area contributed by atoms with Gasteiger partial charge in [-0.1, -0.05) is 31.5 Å². The summed E-state index contributed by atoms with van der Waals surface area (Å²) in [5.41, 5.74) is 6.28. The van der Waals surface area contributed by atoms with Crippen molar-refractivity contribution in [3.63, 3.8) is 0 Å². The topological polar surface area (TPSA) is 68.3 Å². The maximum Gasteiger partial charge on any atom is 0.287 e. The van der Waals surface area contributed by atoms with Gasteiger partial charge in [0, 0.05) is 11.9 Å². The third-order valence-corrected chi connectivity index (χ3v) is 3.35. The molecule has 2 rings (SSSR count). The SMILES string of the molecule is CCC(CCN)CNC(=O)c1cc2ccccc2o1. The van der Waals surface area contributed by atoms with E-state index in [0.29, 0.717) is 24.8 Å². The summed E-state index contributed by atoms with van der Waals surface area (Å²) in [6, 6.07) is 9.37. The van der Waals surface area contributed by atoms with Crippen LogP contribution >= 0.6 is 0 Å². The maximum atomic E-state index is 12.0. The van der Waals surface area contributed by atoms with E-state index in [9.17, 15) is 4.79 Å². The Hall–Kier alpha value is -1.81. The Morgan fingerprint density at radius 3 is 2.89 bits per heavy atom. The second-order valence-corrected chi connectivity index (χ2v) is 4.71. The molecular formula is C15H20N2O2. The van der Waals surface area contributed by atoms with Crippen LogP contribution in [0.25, 0.3) is 11.0 Å². The van der Waals surface area contributed by atoms with Crippen LogP contribution < -0.4 is 11.1 Å². The van der Waals surface area contributed by atoms with E-state index in [1.165, 1.54) is 0 Å². The van der Waals surface area contributed by atoms with Crippen molar-refractivity contribution in [3.8, 4) is 0 Å². The number of fused-ring (bicyclic) bond motifs is 1. The van der Waals surface area contributed by atoms with E-state index in [4.69, 9.17) is 10.2 Å². The van der Waals surface area contributed by atoms with Crippen LogP contribution in [-0.4, -0.2) is 19.0 Å². The molecular weight excluding hydrogens is 240 g/mol. The first kappa shape index (κ1) is 13.6. The number of amides is 1. The standard InChI is InChI=1S/C15H20N2O2/c1-2-11(7-8-16)10-17-15(18)14-9-12-5-3-4-6-13(12)19-14/h3-6,9,11H,2,7-8,10,16H2,1H3,(H,17,18). The van der Waals surface area contributed by atoms with Crippen LogP contribution in [0.4, 0.5) is 0 Å². The first-order valence-corrected chi connectivity index (χ1v) is 6.71. The van der Waals surface area contributed by atoms with Gasteiger partial charge in [-0.3, -0.25) is 4.79 Å². The third kappa shape index (κ3) is 3.35. The van der Waals surface area contributed by atoms with Gasteiger partial charge in [-0.25, -0.2) is 0 Å². The largest absolute Gasteiger partial charge is 0.451 e. The molecule has 0 saturated heterocycles. The molecule has 4 heteroatoms. The molecule has 0 aliphatic heterocycles. The number of nitrogens with two attached hydrogens (primary N) is 1. The monoisotopic (exact) mass is 260 g/mol. The molecule has 1 aromatic carbocycles. The Morgan fingerprint density at radius 1 is 1.42 bits per heavy atom. The van der Waals surface area contributed by atoms with Gasteiger partial charge in [-0.05, 0) is 31.0 Å². The van der Waals surface area contributed by atoms with E-state index in [1.807, 2.05) is 24.3 Å². The molecule has 0 saturated carbocycles. The van der Waals surface area contributed by atoms with E-state index in [-0.39, 0.29) is 5.91 Å². The number of hydrogen-bond donors (Lipinski definition) is 2. The summed E-state index contributed by atoms with van der Waals surface area (Å²) in [5, 5.41) is 3.85. The van der Waals surface area contributed by atoms with Crippen LogP contribution in [0.5, 0.6) is 0 Å². The average Bonchev–Trinajstić information content (AvgIpc) is 2.87. The molecule has 0 aliphatic carbocycles. The summed E-state index contributed by atoms with van der Waals surface area (Å²) in [6.07, 6.45) is 1.94. The second kappa shape index (κ2) is 6.38. The lowest BCUT2D eigenvalue weighted by Gasteiger charge is -2.13. The van der Waals surface area contributed by atoms with Crippen molar-refractivity contribution >= 4 is 16.9 Å². The summed E-state index contributed by atoms with van der Waals surface area (Å²) in [5.74, 6) is 0.633. The number of hydrogen-bond acceptors (Lipinski definition) is 3. The Labute approximate surface area is 113 Å². The molecule has 1 aromatic heterocycles. The molecule has 19 heavy (non-hydrogen) atoms. The Kier molecular flexibility index (Phi) is 4.58. The number of carbonyl (C=O) groups excluding carboxylic acids is 1. The predicted molar refractivity (Wildman–Crippen MR) is 76.0 cm³/mol. The van der Waals surface area contributed by atoms with Crippen LogP contribution in [0.3, 0.4) is 0 Å². The highest BCUT2D eigenvalue weighted by molar-refractivity contribution is 5.96. The molecule has 0 radical (unpaired) electrons. The molecule has 1 unspecified atom stereocenters. The van der Waals surface area contributed by atoms with E-state index in [1.54, 1.807) is 6.07 Å². The van der Waals surface area contributed by atoms with Crippen molar-refractivity contribution in [3.05, 3.63) is 36.1 Å². The zero-order valence-electron chi connectivity index (χ0n) is 11.2. The van der Waals surface area contributed by atoms with Crippen LogP contribution in [0, 0.1) is 5.92 Å². The summed E-state index contributed by atoms with van der Waals surface area (Å²) in [4.78, 5) is 12.0. The van der Waals surface area contributed by atoms with Crippen LogP contribution in [-0.2, 0) is 0 Å². The third-order valence-electron chi connectivity index (χ3n) is 3.35. The van der Waals surface area contributed by atoms with Gasteiger partial charge < -0.3 is 15.5 Å². The summed E-state index contributed by atoms with van der Waals surface area (Å²) < 4.78 is 5.52. The van der Waals surface area contributed by atoms with Crippen molar-refractivity contribution in [2.24, 2.45) is 11.7 Å². The minimum atomic E-state index is -0.160. The Balaban J connectivity index is 1.99. The first-order chi connectivity index (χ1) is 9.24. The highest BCUT2D eigenvalue weighted by atomic mass is 16.3. The molecule has 0 aliphatic rings. The zero-order valence-corrected chi connectivity index (χ0v) is 11.2. The fourth-order valence-electron chi connectivity index (χ4n) is 2.10. The molecule has 0 fully saturated rings. The summed E-state index contributed by atoms with van der Waals surface area (Å²) >= 11 is 0. The minimum absolute atomic E-state index is 0.160. The highest BCUT2D eigenvalue weighted by Gasteiger charge is 2.13. The Morgan fingerprint density at radius 2 is 2.21 bits per heavy atom. The predicted octanol–water partition coefficient (Wildman–Crippen LogP) is 2.54. The van der Waals surface area contributed by atoms with Gasteiger partial charge in [-0.2, -0.15) is 0 Å². The molecule has 4 nitrogen and oxygen atoms in total. The average molecular weight is 260 g/mol. The molecule has 0 bridgehead atoms. The molecule has 3 N–H and O–H groups in total. The van der Waals surface area contributed by atoms with Crippen molar-refractivity contribution in [1.29, 1.82) is 0 Å². The minimum Gasteiger partial charge on any atom is -0.451 e. The number of carbonyl (C=O) groups is 1. The fraction of sp³-hybridized carbons (Fsp3) is 0.400. The van der Waals surface area contributed by atoms with E-state index >= 15 is 0 Å². The summed E-state index contributed by atoms with van der Waals surface area (Å²) in [6.45, 7) is 3.40. The van der Waals surface area contributed by atoms with Gasteiger partial charge in [0.2, 0.25) is 0 Å². The smallest absolute Gasteiger partial charge is 0.287 e.